The standard InChI is InChI=1S/Cu.HN3.H3N/c;1-3-2;/h;1H;1H3. The van der Waals surface area contributed by atoms with Crippen LogP contribution in [0.1, 0.15) is 0 Å². The van der Waals surface area contributed by atoms with Crippen molar-refractivity contribution in [1.29, 1.82) is 5.53 Å². The van der Waals surface area contributed by atoms with Gasteiger partial charge in [0.05, 0.1) is 0 Å². The maximum absolute atomic E-state index is 6.86. The molecule has 0 aliphatic rings. The number of nitrogens with zero attached hydrogens (tertiary/aromatic N) is 2. The van der Waals surface area contributed by atoms with Gasteiger partial charge in [-0.2, -0.15) is 0 Å². The van der Waals surface area contributed by atoms with Gasteiger partial charge in [-0.25, -0.2) is 0 Å². The molecule has 35 valence electrons. The molecule has 4 nitrogen and oxygen atoms in total. The summed E-state index contributed by atoms with van der Waals surface area (Å²) in [5.74, 6) is 0. The van der Waals surface area contributed by atoms with Crippen molar-refractivity contribution in [3.05, 3.63) is 10.4 Å². The number of rotatable bonds is 0. The average Bonchev–Trinajstić information content (AvgIpc) is 0.918. The summed E-state index contributed by atoms with van der Waals surface area (Å²) in [6.45, 7) is 0. The Morgan fingerprint density at radius 2 is 1.60 bits per heavy atom. The van der Waals surface area contributed by atoms with Gasteiger partial charge in [0.15, 0.2) is 0 Å². The summed E-state index contributed by atoms with van der Waals surface area (Å²) >= 11 is 0. The molecule has 5 heavy (non-hydrogen) atoms. The van der Waals surface area contributed by atoms with Crippen molar-refractivity contribution in [3.8, 4) is 0 Å². The van der Waals surface area contributed by atoms with E-state index >= 15 is 0 Å². The van der Waals surface area contributed by atoms with Crippen LogP contribution in [0.5, 0.6) is 0 Å². The summed E-state index contributed by atoms with van der Waals surface area (Å²) in [4.78, 5) is 1.75. The zero-order valence-corrected chi connectivity index (χ0v) is 3.34. The Hall–Kier alpha value is -0.211. The van der Waals surface area contributed by atoms with Crippen molar-refractivity contribution in [3.63, 3.8) is 0 Å². The molecule has 0 amide bonds. The van der Waals surface area contributed by atoms with Gasteiger partial charge in [0.1, 0.15) is 0 Å². The largest absolute Gasteiger partial charge is 0.344 e. The molecule has 0 saturated heterocycles. The summed E-state index contributed by atoms with van der Waals surface area (Å²) in [6.07, 6.45) is 0. The molecule has 0 bridgehead atoms. The molecule has 0 fully saturated rings. The summed E-state index contributed by atoms with van der Waals surface area (Å²) < 4.78 is 0. The van der Waals surface area contributed by atoms with Gasteiger partial charge in [-0.1, -0.05) is 0 Å². The molecule has 0 aromatic rings. The molecule has 0 atom stereocenters. The van der Waals surface area contributed by atoms with Crippen LogP contribution >= 0.6 is 0 Å². The molecule has 0 saturated carbocycles. The zero-order chi connectivity index (χ0) is 2.71. The van der Waals surface area contributed by atoms with Crippen LogP contribution in [-0.2, 0) is 17.1 Å². The molecule has 0 unspecified atom stereocenters. The van der Waals surface area contributed by atoms with E-state index in [1.807, 2.05) is 0 Å². The van der Waals surface area contributed by atoms with Crippen molar-refractivity contribution in [1.82, 2.24) is 6.15 Å². The molecule has 0 aliphatic heterocycles. The monoisotopic (exact) mass is 123 g/mol. The third-order valence-electron chi connectivity index (χ3n) is 0. The van der Waals surface area contributed by atoms with Crippen LogP contribution in [0.15, 0.2) is 0 Å². The minimum Gasteiger partial charge on any atom is -0.344 e. The summed E-state index contributed by atoms with van der Waals surface area (Å²) in [5, 5.41) is 0. The first-order valence-corrected chi connectivity index (χ1v) is 0.424. The van der Waals surface area contributed by atoms with Gasteiger partial charge in [0.25, 0.3) is 0 Å². The van der Waals surface area contributed by atoms with Gasteiger partial charge in [0.2, 0.25) is 0 Å². The van der Waals surface area contributed by atoms with E-state index in [-0.39, 0.29) is 23.2 Å². The smallest absolute Gasteiger partial charge is 0 e. The third-order valence-corrected chi connectivity index (χ3v) is 0. The Labute approximate surface area is 40.0 Å². The summed E-state index contributed by atoms with van der Waals surface area (Å²) in [6, 6.07) is 0. The number of hydrogen-bond donors (Lipinski definition) is 2. The number of nitrogens with one attached hydrogen (secondary N) is 1. The van der Waals surface area contributed by atoms with Crippen molar-refractivity contribution in [2.24, 2.45) is 0 Å². The van der Waals surface area contributed by atoms with Crippen LogP contribution in [0.25, 0.3) is 10.4 Å². The first-order valence-electron chi connectivity index (χ1n) is 0.424. The molecule has 1 radical (unpaired) electrons. The van der Waals surface area contributed by atoms with E-state index in [1.165, 1.54) is 0 Å². The van der Waals surface area contributed by atoms with Gasteiger partial charge >= 0.3 is 0 Å². The molecule has 0 rings (SSSR count). The normalized spacial score (nSPS) is 1.60. The van der Waals surface area contributed by atoms with Crippen molar-refractivity contribution < 1.29 is 17.1 Å². The van der Waals surface area contributed by atoms with Crippen molar-refractivity contribution in [2.75, 3.05) is 0 Å². The second kappa shape index (κ2) is 47.3. The molecule has 0 spiro atoms. The van der Waals surface area contributed by atoms with Crippen LogP contribution in [0, 0.1) is 5.53 Å². The topological polar surface area (TPSA) is 95.2 Å². The van der Waals surface area contributed by atoms with Gasteiger partial charge < -0.3 is 6.15 Å². The van der Waals surface area contributed by atoms with E-state index in [0.29, 0.717) is 0 Å². The van der Waals surface area contributed by atoms with Gasteiger partial charge in [-0.15, -0.1) is 5.53 Å². The van der Waals surface area contributed by atoms with Crippen molar-refractivity contribution >= 4 is 0 Å². The van der Waals surface area contributed by atoms with E-state index in [0.717, 1.165) is 0 Å². The molecule has 0 heterocycles. The zero-order valence-electron chi connectivity index (χ0n) is 2.40. The number of hydrogen-bond acceptors (Lipinski definition) is 2. The van der Waals surface area contributed by atoms with Crippen molar-refractivity contribution in [2.45, 2.75) is 0 Å². The fourth-order valence-corrected chi connectivity index (χ4v) is 0. The van der Waals surface area contributed by atoms with E-state index < -0.39 is 0 Å². The van der Waals surface area contributed by atoms with E-state index in [4.69, 9.17) is 11.1 Å². The van der Waals surface area contributed by atoms with Crippen LogP contribution in [0.3, 0.4) is 0 Å². The van der Waals surface area contributed by atoms with Crippen LogP contribution in [0.2, 0.25) is 0 Å². The second-order valence-electron chi connectivity index (χ2n) is 0.100. The first kappa shape index (κ1) is 21.5. The van der Waals surface area contributed by atoms with Crippen LogP contribution < -0.4 is 6.15 Å². The van der Waals surface area contributed by atoms with Gasteiger partial charge in [-0.05, 0) is 10.4 Å². The van der Waals surface area contributed by atoms with Crippen LogP contribution in [-0.4, -0.2) is 0 Å². The molecular formula is H4CuN4. The van der Waals surface area contributed by atoms with E-state index in [9.17, 15) is 0 Å². The summed E-state index contributed by atoms with van der Waals surface area (Å²) in [5.41, 5.74) is 12.2. The Bertz CT molecular complexity index is 24.6. The molecule has 0 aliphatic carbocycles. The average molecular weight is 124 g/mol. The minimum atomic E-state index is 0. The Morgan fingerprint density at radius 1 is 1.60 bits per heavy atom. The molecule has 4 N–H and O–H groups in total. The Morgan fingerprint density at radius 3 is 1.60 bits per heavy atom. The first-order chi connectivity index (χ1) is 1.41. The predicted molar refractivity (Wildman–Crippen MR) is 14.5 cm³/mol. The fourth-order valence-electron chi connectivity index (χ4n) is 0. The maximum Gasteiger partial charge on any atom is 0 e. The molecular weight excluding hydrogens is 120 g/mol. The molecule has 0 aromatic heterocycles. The Balaban J connectivity index is -0.0000000200. The van der Waals surface area contributed by atoms with E-state index in [1.54, 1.807) is 4.91 Å². The second-order valence-corrected chi connectivity index (χ2v) is 0.100. The maximum atomic E-state index is 6.86. The molecule has 0 aromatic carbocycles. The Kier molecular flexibility index (Phi) is 203. The van der Waals surface area contributed by atoms with E-state index in [2.05, 4.69) is 0 Å². The predicted octanol–water partition coefficient (Wildman–Crippen LogP) is 1.03. The van der Waals surface area contributed by atoms with Gasteiger partial charge in [-0.3, -0.25) is 0 Å². The van der Waals surface area contributed by atoms with Gasteiger partial charge in [0, 0.05) is 17.1 Å². The fraction of sp³-hybridized carbons (Fsp3) is 0. The summed E-state index contributed by atoms with van der Waals surface area (Å²) in [7, 11) is 0. The quantitative estimate of drug-likeness (QED) is 0.214. The SMILES string of the molecule is N.[Cu].[N-]=[N+]=N. The van der Waals surface area contributed by atoms with Crippen LogP contribution in [0.4, 0.5) is 0 Å². The third kappa shape index (κ3) is 274. The molecule has 5 heteroatoms. The minimum absolute atomic E-state index is 0.